The second kappa shape index (κ2) is 9.13. The van der Waals surface area contributed by atoms with Crippen LogP contribution in [-0.4, -0.2) is 43.7 Å². The second-order valence-corrected chi connectivity index (χ2v) is 7.53. The number of carbonyl (C=O) groups excluding carboxylic acids is 2. The molecule has 33 heavy (non-hydrogen) atoms. The molecule has 10 nitrogen and oxygen atoms in total. The maximum atomic E-state index is 12.8. The zero-order chi connectivity index (χ0) is 23.5. The number of tetrazole rings is 1. The van der Waals surface area contributed by atoms with Crippen molar-refractivity contribution in [3.05, 3.63) is 82.4 Å². The number of hydrazine groups is 1. The molecule has 2 amide bonds. The Morgan fingerprint density at radius 2 is 1.70 bits per heavy atom. The van der Waals surface area contributed by atoms with Gasteiger partial charge in [-0.25, -0.2) is 0 Å². The molecule has 168 valence electrons. The first-order chi connectivity index (χ1) is 15.9. The van der Waals surface area contributed by atoms with E-state index in [0.717, 1.165) is 17.1 Å². The van der Waals surface area contributed by atoms with E-state index in [1.54, 1.807) is 6.07 Å². The number of halogens is 1. The monoisotopic (exact) mass is 465 g/mol. The number of ether oxygens (including phenoxy) is 1. The molecule has 2 aromatic carbocycles. The Labute approximate surface area is 194 Å². The first-order valence-corrected chi connectivity index (χ1v) is 10.2. The molecule has 0 unspecified atom stereocenters. The minimum Gasteiger partial charge on any atom is -0.496 e. The van der Waals surface area contributed by atoms with Crippen molar-refractivity contribution in [1.82, 2.24) is 35.6 Å². The van der Waals surface area contributed by atoms with Crippen LogP contribution < -0.4 is 15.6 Å². The highest BCUT2D eigenvalue weighted by Crippen LogP contribution is 2.29. The van der Waals surface area contributed by atoms with Gasteiger partial charge in [-0.1, -0.05) is 29.8 Å². The smallest absolute Gasteiger partial charge is 0.273 e. The third-order valence-corrected chi connectivity index (χ3v) is 5.39. The molecule has 2 N–H and O–H groups in total. The van der Waals surface area contributed by atoms with Gasteiger partial charge < -0.3 is 9.30 Å². The van der Waals surface area contributed by atoms with Crippen LogP contribution in [0.1, 0.15) is 32.1 Å². The molecule has 0 atom stereocenters. The van der Waals surface area contributed by atoms with E-state index in [-0.39, 0.29) is 16.3 Å². The van der Waals surface area contributed by atoms with Gasteiger partial charge in [-0.05, 0) is 48.5 Å². The summed E-state index contributed by atoms with van der Waals surface area (Å²) >= 11 is 6.31. The Kier molecular flexibility index (Phi) is 6.09. The molecule has 0 bridgehead atoms. The van der Waals surface area contributed by atoms with Gasteiger partial charge in [-0.15, -0.1) is 5.10 Å². The fraction of sp³-hybridized carbons (Fsp3) is 0.136. The molecule has 0 radical (unpaired) electrons. The summed E-state index contributed by atoms with van der Waals surface area (Å²) in [5.74, 6) is -0.810. The number of amides is 2. The Hall–Kier alpha value is -4.18. The number of hydrogen-bond acceptors (Lipinski definition) is 6. The van der Waals surface area contributed by atoms with Gasteiger partial charge >= 0.3 is 0 Å². The lowest BCUT2D eigenvalue weighted by molar-refractivity contribution is 0.0844. The number of methoxy groups -OCH3 is 1. The van der Waals surface area contributed by atoms with Gasteiger partial charge in [0.05, 0.1) is 28.9 Å². The first kappa shape index (κ1) is 22.0. The van der Waals surface area contributed by atoms with Crippen molar-refractivity contribution in [2.45, 2.75) is 13.8 Å². The van der Waals surface area contributed by atoms with Crippen molar-refractivity contribution in [2.24, 2.45) is 0 Å². The number of benzene rings is 2. The van der Waals surface area contributed by atoms with Crippen LogP contribution in [0.5, 0.6) is 5.75 Å². The SMILES string of the molecule is COc1cc(-n2cnnn2)c(Cl)cc1C(=O)NNC(=O)c1cc(C)n(-c2ccccc2)c1C. The first-order valence-electron chi connectivity index (χ1n) is 9.86. The standard InChI is InChI=1S/C22H20ClN7O3/c1-13-9-16(14(2)30(13)15-7-5-4-6-8-15)21(31)25-26-22(32)17-10-18(23)19(11-20(17)33-3)29-12-24-27-28-29/h4-12H,1-3H3,(H,25,31)(H,26,32). The van der Waals surface area contributed by atoms with Crippen LogP contribution in [0.4, 0.5) is 0 Å². The molecule has 0 aliphatic rings. The predicted octanol–water partition coefficient (Wildman–Crippen LogP) is 2.81. The molecule has 4 aromatic rings. The van der Waals surface area contributed by atoms with Gasteiger partial charge in [0, 0.05) is 23.1 Å². The molecule has 4 rings (SSSR count). The van der Waals surface area contributed by atoms with E-state index in [9.17, 15) is 9.59 Å². The quantitative estimate of drug-likeness (QED) is 0.438. The lowest BCUT2D eigenvalue weighted by Gasteiger charge is -2.13. The van der Waals surface area contributed by atoms with Crippen molar-refractivity contribution in [1.29, 1.82) is 0 Å². The number of aryl methyl sites for hydroxylation is 1. The van der Waals surface area contributed by atoms with Crippen molar-refractivity contribution in [2.75, 3.05) is 7.11 Å². The van der Waals surface area contributed by atoms with Gasteiger partial charge in [0.15, 0.2) is 0 Å². The van der Waals surface area contributed by atoms with Gasteiger partial charge in [0.1, 0.15) is 12.1 Å². The summed E-state index contributed by atoms with van der Waals surface area (Å²) in [5, 5.41) is 11.2. The lowest BCUT2D eigenvalue weighted by Crippen LogP contribution is -2.42. The molecular weight excluding hydrogens is 446 g/mol. The number of nitrogens with one attached hydrogen (secondary N) is 2. The Morgan fingerprint density at radius 1 is 1.00 bits per heavy atom. The Bertz CT molecular complexity index is 1320. The summed E-state index contributed by atoms with van der Waals surface area (Å²) in [6.45, 7) is 3.76. The fourth-order valence-corrected chi connectivity index (χ4v) is 3.80. The van der Waals surface area contributed by atoms with Crippen LogP contribution in [0.3, 0.4) is 0 Å². The number of hydrogen-bond donors (Lipinski definition) is 2. The molecule has 2 aromatic heterocycles. The van der Waals surface area contributed by atoms with Gasteiger partial charge in [0.2, 0.25) is 0 Å². The minimum absolute atomic E-state index is 0.134. The molecule has 2 heterocycles. The highest BCUT2D eigenvalue weighted by molar-refractivity contribution is 6.33. The van der Waals surface area contributed by atoms with E-state index in [1.165, 1.54) is 30.3 Å². The van der Waals surface area contributed by atoms with Crippen molar-refractivity contribution < 1.29 is 14.3 Å². The maximum Gasteiger partial charge on any atom is 0.273 e. The zero-order valence-electron chi connectivity index (χ0n) is 18.0. The zero-order valence-corrected chi connectivity index (χ0v) is 18.8. The van der Waals surface area contributed by atoms with Crippen LogP contribution >= 0.6 is 11.6 Å². The van der Waals surface area contributed by atoms with Gasteiger partial charge in [0.25, 0.3) is 11.8 Å². The number of carbonyl (C=O) groups is 2. The van der Waals surface area contributed by atoms with E-state index in [1.807, 2.05) is 48.7 Å². The summed E-state index contributed by atoms with van der Waals surface area (Å²) in [4.78, 5) is 25.6. The van der Waals surface area contributed by atoms with Crippen molar-refractivity contribution in [3.8, 4) is 17.1 Å². The predicted molar refractivity (Wildman–Crippen MR) is 121 cm³/mol. The van der Waals surface area contributed by atoms with Crippen LogP contribution in [0.2, 0.25) is 5.02 Å². The highest BCUT2D eigenvalue weighted by Gasteiger charge is 2.20. The van der Waals surface area contributed by atoms with E-state index < -0.39 is 11.8 Å². The third-order valence-electron chi connectivity index (χ3n) is 5.09. The molecule has 0 saturated heterocycles. The molecule has 0 saturated carbocycles. The largest absolute Gasteiger partial charge is 0.496 e. The van der Waals surface area contributed by atoms with Gasteiger partial charge in [-0.3, -0.25) is 20.4 Å². The van der Waals surface area contributed by atoms with Crippen LogP contribution in [0.15, 0.2) is 54.9 Å². The number of nitrogens with zero attached hydrogens (tertiary/aromatic N) is 5. The van der Waals surface area contributed by atoms with Gasteiger partial charge in [-0.2, -0.15) is 4.68 Å². The maximum absolute atomic E-state index is 12.8. The summed E-state index contributed by atoms with van der Waals surface area (Å²) in [7, 11) is 1.42. The number of aromatic nitrogens is 5. The summed E-state index contributed by atoms with van der Waals surface area (Å²) in [6.07, 6.45) is 1.37. The van der Waals surface area contributed by atoms with Crippen molar-refractivity contribution in [3.63, 3.8) is 0 Å². The van der Waals surface area contributed by atoms with Crippen LogP contribution in [-0.2, 0) is 0 Å². The normalized spacial score (nSPS) is 10.7. The molecule has 0 fully saturated rings. The van der Waals surface area contributed by atoms with Crippen LogP contribution in [0.25, 0.3) is 11.4 Å². The summed E-state index contributed by atoms with van der Waals surface area (Å²) in [6, 6.07) is 14.4. The number of para-hydroxylation sites is 1. The molecular formula is C22H20ClN7O3. The van der Waals surface area contributed by atoms with E-state index >= 15 is 0 Å². The Balaban J connectivity index is 1.53. The third kappa shape index (κ3) is 4.28. The summed E-state index contributed by atoms with van der Waals surface area (Å²) < 4.78 is 8.63. The average molecular weight is 466 g/mol. The molecule has 0 spiro atoms. The van der Waals surface area contributed by atoms with Crippen LogP contribution in [0, 0.1) is 13.8 Å². The fourth-order valence-electron chi connectivity index (χ4n) is 3.55. The second-order valence-electron chi connectivity index (χ2n) is 7.12. The topological polar surface area (TPSA) is 116 Å². The minimum atomic E-state index is -0.595. The van der Waals surface area contributed by atoms with E-state index in [2.05, 4.69) is 26.4 Å². The van der Waals surface area contributed by atoms with Crippen molar-refractivity contribution >= 4 is 23.4 Å². The van der Waals surface area contributed by atoms with E-state index in [0.29, 0.717) is 11.3 Å². The highest BCUT2D eigenvalue weighted by atomic mass is 35.5. The van der Waals surface area contributed by atoms with E-state index in [4.69, 9.17) is 16.3 Å². The molecule has 11 heteroatoms. The molecule has 0 aliphatic carbocycles. The lowest BCUT2D eigenvalue weighted by atomic mass is 10.1. The number of rotatable bonds is 5. The summed E-state index contributed by atoms with van der Waals surface area (Å²) in [5.41, 5.74) is 8.46. The Morgan fingerprint density at radius 3 is 2.33 bits per heavy atom. The average Bonchev–Trinajstić information content (AvgIpc) is 3.45. The molecule has 0 aliphatic heterocycles.